The number of rotatable bonds is 10. The molecule has 2 aliphatic heterocycles. The number of hydrogen-bond donors (Lipinski definition) is 3. The first-order valence-electron chi connectivity index (χ1n) is 19.5. The normalized spacial score (nSPS) is 17.4. The van der Waals surface area contributed by atoms with Crippen molar-refractivity contribution < 1.29 is 19.1 Å². The van der Waals surface area contributed by atoms with Crippen molar-refractivity contribution in [3.05, 3.63) is 121 Å². The van der Waals surface area contributed by atoms with E-state index in [1.807, 2.05) is 72.4 Å². The summed E-state index contributed by atoms with van der Waals surface area (Å²) in [6.45, 7) is 5.16. The predicted octanol–water partition coefficient (Wildman–Crippen LogP) is 8.24. The smallest absolute Gasteiger partial charge is 0.407 e. The third kappa shape index (κ3) is 7.28. The first-order valence-corrected chi connectivity index (χ1v) is 19.5. The topological polar surface area (TPSA) is 136 Å². The second-order valence-corrected chi connectivity index (χ2v) is 15.1. The zero-order valence-electron chi connectivity index (χ0n) is 32.0. The Kier molecular flexibility index (Phi) is 10.4. The highest BCUT2D eigenvalue weighted by molar-refractivity contribution is 6.04. The predicted molar refractivity (Wildman–Crippen MR) is 216 cm³/mol. The molecule has 56 heavy (non-hydrogen) atoms. The van der Waals surface area contributed by atoms with E-state index in [9.17, 15) is 14.4 Å². The van der Waals surface area contributed by atoms with Crippen molar-refractivity contribution in [2.45, 2.75) is 64.1 Å². The summed E-state index contributed by atoms with van der Waals surface area (Å²) in [6, 6.07) is 30.1. The van der Waals surface area contributed by atoms with Crippen LogP contribution in [0.15, 0.2) is 103 Å². The van der Waals surface area contributed by atoms with Crippen molar-refractivity contribution in [2.75, 3.05) is 20.2 Å². The SMILES string of the molecule is COC(=O)NC(C(=O)N1CCCC1c1ncc(-c2ccc(-c3ccc(-c4cnc(C5CCCN5C(=O)Cc5ccccc5)[nH]4)cc3)c3ccccc23)[nH]1)C(C)C. The van der Waals surface area contributed by atoms with Gasteiger partial charge in [0.15, 0.2) is 0 Å². The van der Waals surface area contributed by atoms with Crippen LogP contribution in [0.3, 0.4) is 0 Å². The van der Waals surface area contributed by atoms with Crippen molar-refractivity contribution in [1.82, 2.24) is 35.1 Å². The first-order chi connectivity index (χ1) is 27.3. The monoisotopic (exact) mass is 749 g/mol. The van der Waals surface area contributed by atoms with Crippen LogP contribution in [0.2, 0.25) is 0 Å². The van der Waals surface area contributed by atoms with Crippen molar-refractivity contribution >= 4 is 28.7 Å². The van der Waals surface area contributed by atoms with Crippen LogP contribution >= 0.6 is 0 Å². The van der Waals surface area contributed by atoms with Crippen LogP contribution in [-0.2, 0) is 20.7 Å². The molecule has 3 unspecified atom stereocenters. The first kappa shape index (κ1) is 36.7. The Morgan fingerprint density at radius 3 is 1.98 bits per heavy atom. The minimum Gasteiger partial charge on any atom is -0.453 e. The molecule has 2 saturated heterocycles. The summed E-state index contributed by atoms with van der Waals surface area (Å²) in [4.78, 5) is 59.4. The average Bonchev–Trinajstić information content (AvgIpc) is 4.07. The number of carbonyl (C=O) groups is 3. The number of hydrogen-bond acceptors (Lipinski definition) is 6. The molecular formula is C45H47N7O4. The van der Waals surface area contributed by atoms with Crippen LogP contribution in [0.1, 0.15) is 68.8 Å². The van der Waals surface area contributed by atoms with Gasteiger partial charge in [-0.3, -0.25) is 9.59 Å². The van der Waals surface area contributed by atoms with E-state index >= 15 is 0 Å². The summed E-state index contributed by atoms with van der Waals surface area (Å²) in [5.74, 6) is 1.45. The van der Waals surface area contributed by atoms with Crippen LogP contribution in [0.25, 0.3) is 44.4 Å². The molecule has 6 aromatic rings. The molecule has 0 aliphatic carbocycles. The Bertz CT molecular complexity index is 2350. The lowest BCUT2D eigenvalue weighted by Gasteiger charge is -2.30. The largest absolute Gasteiger partial charge is 0.453 e. The summed E-state index contributed by atoms with van der Waals surface area (Å²) in [5.41, 5.74) is 7.08. The van der Waals surface area contributed by atoms with Crippen LogP contribution < -0.4 is 5.32 Å². The molecule has 0 radical (unpaired) electrons. The van der Waals surface area contributed by atoms with Crippen LogP contribution in [0, 0.1) is 5.92 Å². The molecule has 3 amide bonds. The summed E-state index contributed by atoms with van der Waals surface area (Å²) >= 11 is 0. The van der Waals surface area contributed by atoms with Crippen molar-refractivity contribution in [3.63, 3.8) is 0 Å². The fourth-order valence-corrected chi connectivity index (χ4v) is 8.32. The van der Waals surface area contributed by atoms with Gasteiger partial charge >= 0.3 is 6.09 Å². The zero-order chi connectivity index (χ0) is 38.8. The number of alkyl carbamates (subject to hydrolysis) is 1. The lowest BCUT2D eigenvalue weighted by Crippen LogP contribution is -2.51. The second-order valence-electron chi connectivity index (χ2n) is 15.1. The average molecular weight is 750 g/mol. The molecule has 3 N–H and O–H groups in total. The summed E-state index contributed by atoms with van der Waals surface area (Å²) in [6.07, 6.45) is 6.98. The number of fused-ring (bicyclic) bond motifs is 1. The molecule has 11 heteroatoms. The molecule has 0 spiro atoms. The molecule has 8 rings (SSSR count). The van der Waals surface area contributed by atoms with Crippen LogP contribution in [0.5, 0.6) is 0 Å². The molecule has 3 atom stereocenters. The van der Waals surface area contributed by atoms with Gasteiger partial charge in [-0.25, -0.2) is 14.8 Å². The van der Waals surface area contributed by atoms with Crippen LogP contribution in [-0.4, -0.2) is 73.9 Å². The molecule has 4 aromatic carbocycles. The Labute approximate surface area is 326 Å². The van der Waals surface area contributed by atoms with Gasteiger partial charge < -0.3 is 29.8 Å². The number of H-pyrrole nitrogens is 2. The fraction of sp³-hybridized carbons (Fsp3) is 0.311. The molecular weight excluding hydrogens is 703 g/mol. The Hall–Kier alpha value is -6.23. The molecule has 2 aromatic heterocycles. The molecule has 11 nitrogen and oxygen atoms in total. The molecule has 4 heterocycles. The third-order valence-electron chi connectivity index (χ3n) is 11.2. The van der Waals surface area contributed by atoms with Gasteiger partial charge in [-0.05, 0) is 64.6 Å². The quantitative estimate of drug-likeness (QED) is 0.129. The van der Waals surface area contributed by atoms with E-state index < -0.39 is 12.1 Å². The second kappa shape index (κ2) is 15.9. The van der Waals surface area contributed by atoms with Gasteiger partial charge in [-0.1, -0.05) is 105 Å². The van der Waals surface area contributed by atoms with Gasteiger partial charge in [-0.15, -0.1) is 0 Å². The molecule has 2 fully saturated rings. The Morgan fingerprint density at radius 2 is 1.30 bits per heavy atom. The molecule has 0 saturated carbocycles. The number of imidazole rings is 2. The van der Waals surface area contributed by atoms with Gasteiger partial charge in [0, 0.05) is 18.7 Å². The zero-order valence-corrected chi connectivity index (χ0v) is 32.0. The van der Waals surface area contributed by atoms with E-state index in [0.29, 0.717) is 13.0 Å². The maximum absolute atomic E-state index is 13.7. The van der Waals surface area contributed by atoms with Gasteiger partial charge in [-0.2, -0.15) is 0 Å². The van der Waals surface area contributed by atoms with Gasteiger partial charge in [0.25, 0.3) is 0 Å². The number of carbonyl (C=O) groups excluding carboxylic acids is 3. The van der Waals surface area contributed by atoms with Gasteiger partial charge in [0.1, 0.15) is 17.7 Å². The highest BCUT2D eigenvalue weighted by Gasteiger charge is 2.37. The summed E-state index contributed by atoms with van der Waals surface area (Å²) in [7, 11) is 1.30. The van der Waals surface area contributed by atoms with E-state index in [1.165, 1.54) is 7.11 Å². The maximum Gasteiger partial charge on any atom is 0.407 e. The van der Waals surface area contributed by atoms with Crippen LogP contribution in [0.4, 0.5) is 4.79 Å². The summed E-state index contributed by atoms with van der Waals surface area (Å²) < 4.78 is 4.79. The lowest BCUT2D eigenvalue weighted by atomic mass is 9.93. The van der Waals surface area contributed by atoms with E-state index in [0.717, 1.165) is 93.9 Å². The standard InChI is InChI=1S/C45H47N7O4/c1-28(2)41(50-45(55)56-3)44(54)52-24-10-16-39(52)43-47-27-37(49-43)35-22-21-32(33-13-7-8-14-34(33)35)30-17-19-31(20-18-30)36-26-46-42(48-36)38-15-9-23-51(38)40(53)25-29-11-5-4-6-12-29/h4-8,11-14,17-22,26-28,38-39,41H,9-10,15-16,23-25H2,1-3H3,(H,46,48)(H,47,49)(H,50,55). The summed E-state index contributed by atoms with van der Waals surface area (Å²) in [5, 5.41) is 4.93. The molecule has 0 bridgehead atoms. The number of amides is 3. The van der Waals surface area contributed by atoms with Gasteiger partial charge in [0.2, 0.25) is 11.8 Å². The number of aromatic nitrogens is 4. The highest BCUT2D eigenvalue weighted by atomic mass is 16.5. The van der Waals surface area contributed by atoms with Crippen molar-refractivity contribution in [1.29, 1.82) is 0 Å². The molecule has 286 valence electrons. The van der Waals surface area contributed by atoms with E-state index in [1.54, 1.807) is 0 Å². The molecule has 2 aliphatic rings. The minimum atomic E-state index is -0.690. The third-order valence-corrected chi connectivity index (χ3v) is 11.2. The minimum absolute atomic E-state index is 0.0535. The number of likely N-dealkylation sites (tertiary alicyclic amines) is 2. The van der Waals surface area contributed by atoms with E-state index in [-0.39, 0.29) is 29.8 Å². The van der Waals surface area contributed by atoms with Crippen molar-refractivity contribution in [3.8, 4) is 33.6 Å². The van der Waals surface area contributed by atoms with E-state index in [4.69, 9.17) is 14.7 Å². The highest BCUT2D eigenvalue weighted by Crippen LogP contribution is 2.38. The van der Waals surface area contributed by atoms with Gasteiger partial charge in [0.05, 0.1) is 49.4 Å². The number of methoxy groups -OCH3 is 1. The number of benzene rings is 4. The fourth-order valence-electron chi connectivity index (χ4n) is 8.32. The van der Waals surface area contributed by atoms with Crippen molar-refractivity contribution in [2.24, 2.45) is 5.92 Å². The maximum atomic E-state index is 13.7. The Balaban J connectivity index is 0.999. The Morgan fingerprint density at radius 1 is 0.732 bits per heavy atom. The number of aromatic amines is 2. The number of nitrogens with zero attached hydrogens (tertiary/aromatic N) is 4. The van der Waals surface area contributed by atoms with E-state index in [2.05, 4.69) is 69.9 Å². The lowest BCUT2D eigenvalue weighted by molar-refractivity contribution is -0.135. The number of nitrogens with one attached hydrogen (secondary N) is 3. The number of ether oxygens (including phenoxy) is 1.